The Balaban J connectivity index is 2.10. The van der Waals surface area contributed by atoms with E-state index in [9.17, 15) is 9.59 Å². The second-order valence-electron chi connectivity index (χ2n) is 4.95. The van der Waals surface area contributed by atoms with E-state index in [4.69, 9.17) is 14.6 Å². The Hall–Kier alpha value is -2.31. The number of methoxy groups -OCH3 is 1. The summed E-state index contributed by atoms with van der Waals surface area (Å²) < 4.78 is 10.9. The molecule has 0 spiro atoms. The topological polar surface area (TPSA) is 97.8 Å². The normalized spacial score (nSPS) is 20.9. The predicted molar refractivity (Wildman–Crippen MR) is 74.0 cm³/mol. The van der Waals surface area contributed by atoms with Crippen molar-refractivity contribution in [1.29, 1.82) is 0 Å². The summed E-state index contributed by atoms with van der Waals surface area (Å²) in [5.74, 6) is 0.474. The van der Waals surface area contributed by atoms with E-state index < -0.39 is 6.09 Å². The van der Waals surface area contributed by atoms with Crippen LogP contribution in [0.5, 0.6) is 11.6 Å². The van der Waals surface area contributed by atoms with E-state index in [1.165, 1.54) is 20.2 Å². The fourth-order valence-electron chi connectivity index (χ4n) is 2.54. The molecule has 1 aromatic rings. The van der Waals surface area contributed by atoms with Crippen molar-refractivity contribution < 1.29 is 24.2 Å². The maximum Gasteiger partial charge on any atom is 0.404 e. The molecule has 114 valence electrons. The van der Waals surface area contributed by atoms with Gasteiger partial charge in [0.1, 0.15) is 17.4 Å². The lowest BCUT2D eigenvalue weighted by Crippen LogP contribution is -2.32. The summed E-state index contributed by atoms with van der Waals surface area (Å²) in [5, 5.41) is 11.2. The van der Waals surface area contributed by atoms with Crippen LogP contribution in [-0.2, 0) is 0 Å². The minimum Gasteiger partial charge on any atom is -0.489 e. The molecule has 1 amide bonds. The predicted octanol–water partition coefficient (Wildman–Crippen LogP) is 1.86. The standard InChI is InChI=1S/C14H18N2O5/c1-8(17)12-11(5-6-15-13(12)20-2)21-10-4-3-9(7-10)16-14(18)19/h5-6,9-10,16H,3-4,7H2,1-2H3,(H,18,19)/t9-,10+/m0/s1. The first-order valence-corrected chi connectivity index (χ1v) is 6.71. The Morgan fingerprint density at radius 2 is 2.19 bits per heavy atom. The van der Waals surface area contributed by atoms with Gasteiger partial charge in [0.05, 0.1) is 7.11 Å². The van der Waals surface area contributed by atoms with Crippen LogP contribution in [0.15, 0.2) is 12.3 Å². The molecule has 0 bridgehead atoms. The number of hydrogen-bond acceptors (Lipinski definition) is 5. The van der Waals surface area contributed by atoms with Gasteiger partial charge in [-0.05, 0) is 25.8 Å². The number of nitrogens with one attached hydrogen (secondary N) is 1. The Bertz CT molecular complexity index is 546. The summed E-state index contributed by atoms with van der Waals surface area (Å²) in [6.07, 6.45) is 2.38. The van der Waals surface area contributed by atoms with E-state index in [0.29, 0.717) is 24.2 Å². The second-order valence-corrected chi connectivity index (χ2v) is 4.95. The van der Waals surface area contributed by atoms with Crippen LogP contribution in [0.1, 0.15) is 36.5 Å². The first-order valence-electron chi connectivity index (χ1n) is 6.71. The molecular formula is C14H18N2O5. The third-order valence-corrected chi connectivity index (χ3v) is 3.43. The SMILES string of the molecule is COc1nccc(O[C@@H]2CC[C@H](NC(=O)O)C2)c1C(C)=O. The van der Waals surface area contributed by atoms with Crippen LogP contribution in [0.3, 0.4) is 0 Å². The van der Waals surface area contributed by atoms with Gasteiger partial charge in [0.2, 0.25) is 5.88 Å². The number of rotatable bonds is 5. The molecule has 1 fully saturated rings. The molecule has 0 unspecified atom stereocenters. The van der Waals surface area contributed by atoms with E-state index in [2.05, 4.69) is 10.3 Å². The van der Waals surface area contributed by atoms with Crippen LogP contribution < -0.4 is 14.8 Å². The zero-order valence-corrected chi connectivity index (χ0v) is 12.0. The van der Waals surface area contributed by atoms with Crippen LogP contribution in [0.2, 0.25) is 0 Å². The lowest BCUT2D eigenvalue weighted by Gasteiger charge is -2.17. The zero-order chi connectivity index (χ0) is 15.4. The van der Waals surface area contributed by atoms with Gasteiger partial charge < -0.3 is 19.9 Å². The molecule has 21 heavy (non-hydrogen) atoms. The van der Waals surface area contributed by atoms with Gasteiger partial charge in [0.15, 0.2) is 5.78 Å². The van der Waals surface area contributed by atoms with E-state index in [0.717, 1.165) is 6.42 Å². The maximum atomic E-state index is 11.7. The number of ketones is 1. The number of hydrogen-bond donors (Lipinski definition) is 2. The summed E-state index contributed by atoms with van der Waals surface area (Å²) in [7, 11) is 1.45. The molecule has 7 heteroatoms. The Morgan fingerprint density at radius 1 is 1.43 bits per heavy atom. The highest BCUT2D eigenvalue weighted by atomic mass is 16.5. The van der Waals surface area contributed by atoms with Crippen molar-refractivity contribution in [3.05, 3.63) is 17.8 Å². The van der Waals surface area contributed by atoms with Crippen LogP contribution in [0.4, 0.5) is 4.79 Å². The molecule has 0 radical (unpaired) electrons. The maximum absolute atomic E-state index is 11.7. The van der Waals surface area contributed by atoms with Gasteiger partial charge in [-0.3, -0.25) is 4.79 Å². The summed E-state index contributed by atoms with van der Waals surface area (Å²) in [5.41, 5.74) is 0.314. The first kappa shape index (κ1) is 15.1. The molecule has 0 aliphatic heterocycles. The number of nitrogens with zero attached hydrogens (tertiary/aromatic N) is 1. The molecule has 1 saturated carbocycles. The summed E-state index contributed by atoms with van der Waals surface area (Å²) in [4.78, 5) is 26.4. The number of Topliss-reactive ketones (excluding diaryl/α,β-unsaturated/α-hetero) is 1. The number of carbonyl (C=O) groups is 2. The Labute approximate surface area is 122 Å². The number of ether oxygens (including phenoxy) is 2. The largest absolute Gasteiger partial charge is 0.489 e. The highest BCUT2D eigenvalue weighted by Gasteiger charge is 2.28. The van der Waals surface area contributed by atoms with Gasteiger partial charge in [0, 0.05) is 18.7 Å². The molecule has 1 aliphatic rings. The average molecular weight is 294 g/mol. The van der Waals surface area contributed by atoms with Crippen LogP contribution in [0, 0.1) is 0 Å². The molecule has 7 nitrogen and oxygen atoms in total. The summed E-state index contributed by atoms with van der Waals surface area (Å²) in [6, 6.07) is 1.51. The summed E-state index contributed by atoms with van der Waals surface area (Å²) >= 11 is 0. The lowest BCUT2D eigenvalue weighted by molar-refractivity contribution is 0.100. The Kier molecular flexibility index (Phi) is 4.62. The van der Waals surface area contributed by atoms with Crippen molar-refractivity contribution in [3.8, 4) is 11.6 Å². The van der Waals surface area contributed by atoms with Gasteiger partial charge in [-0.15, -0.1) is 0 Å². The molecule has 2 N–H and O–H groups in total. The molecule has 0 aromatic carbocycles. The molecule has 2 atom stereocenters. The number of carboxylic acid groups (broad SMARTS) is 1. The van der Waals surface area contributed by atoms with Crippen molar-refractivity contribution >= 4 is 11.9 Å². The van der Waals surface area contributed by atoms with Crippen molar-refractivity contribution in [2.75, 3.05) is 7.11 Å². The second kappa shape index (κ2) is 6.43. The summed E-state index contributed by atoms with van der Waals surface area (Å²) in [6.45, 7) is 1.43. The van der Waals surface area contributed by atoms with Crippen molar-refractivity contribution in [2.24, 2.45) is 0 Å². The average Bonchev–Trinajstić information content (AvgIpc) is 2.84. The van der Waals surface area contributed by atoms with Crippen LogP contribution >= 0.6 is 0 Å². The van der Waals surface area contributed by atoms with E-state index in [-0.39, 0.29) is 23.8 Å². The molecular weight excluding hydrogens is 276 g/mol. The molecule has 1 aromatic heterocycles. The fraction of sp³-hybridized carbons (Fsp3) is 0.500. The Morgan fingerprint density at radius 3 is 2.81 bits per heavy atom. The molecule has 2 rings (SSSR count). The van der Waals surface area contributed by atoms with Gasteiger partial charge in [-0.1, -0.05) is 0 Å². The van der Waals surface area contributed by atoms with Crippen molar-refractivity contribution in [1.82, 2.24) is 10.3 Å². The smallest absolute Gasteiger partial charge is 0.404 e. The van der Waals surface area contributed by atoms with Gasteiger partial charge in [-0.25, -0.2) is 9.78 Å². The van der Waals surface area contributed by atoms with Gasteiger partial charge in [-0.2, -0.15) is 0 Å². The van der Waals surface area contributed by atoms with E-state index >= 15 is 0 Å². The third-order valence-electron chi connectivity index (χ3n) is 3.43. The van der Waals surface area contributed by atoms with E-state index in [1.54, 1.807) is 6.07 Å². The fourth-order valence-corrected chi connectivity index (χ4v) is 2.54. The molecule has 1 aliphatic carbocycles. The van der Waals surface area contributed by atoms with Crippen molar-refractivity contribution in [3.63, 3.8) is 0 Å². The van der Waals surface area contributed by atoms with Crippen LogP contribution in [-0.4, -0.2) is 41.2 Å². The van der Waals surface area contributed by atoms with Crippen LogP contribution in [0.25, 0.3) is 0 Å². The highest BCUT2D eigenvalue weighted by Crippen LogP contribution is 2.31. The quantitative estimate of drug-likeness (QED) is 0.804. The minimum absolute atomic E-state index is 0.114. The monoisotopic (exact) mass is 294 g/mol. The number of amides is 1. The number of aromatic nitrogens is 1. The van der Waals surface area contributed by atoms with Crippen molar-refractivity contribution in [2.45, 2.75) is 38.3 Å². The highest BCUT2D eigenvalue weighted by molar-refractivity contribution is 5.99. The van der Waals surface area contributed by atoms with E-state index in [1.807, 2.05) is 0 Å². The molecule has 0 saturated heterocycles. The number of carbonyl (C=O) groups excluding carboxylic acids is 1. The zero-order valence-electron chi connectivity index (χ0n) is 12.0. The molecule has 1 heterocycles. The minimum atomic E-state index is -1.03. The van der Waals surface area contributed by atoms with Gasteiger partial charge in [0.25, 0.3) is 0 Å². The third kappa shape index (κ3) is 3.62. The number of pyridine rings is 1. The lowest BCUT2D eigenvalue weighted by atomic mass is 10.1. The first-order chi connectivity index (χ1) is 10.0. The van der Waals surface area contributed by atoms with Gasteiger partial charge >= 0.3 is 6.09 Å².